The number of amides is 1. The monoisotopic (exact) mass is 369 g/mol. The van der Waals surface area contributed by atoms with Crippen molar-refractivity contribution < 1.29 is 18.0 Å². The number of aryl methyl sites for hydroxylation is 1. The molecule has 0 radical (unpaired) electrons. The molecule has 0 aliphatic rings. The summed E-state index contributed by atoms with van der Waals surface area (Å²) in [6.45, 7) is 4.18. The highest BCUT2D eigenvalue weighted by Crippen LogP contribution is 2.36. The summed E-state index contributed by atoms with van der Waals surface area (Å²) in [6, 6.07) is 11.2. The number of benzene rings is 2. The van der Waals surface area contributed by atoms with E-state index in [4.69, 9.17) is 11.6 Å². The number of nitrogens with one attached hydrogen (secondary N) is 1. The van der Waals surface area contributed by atoms with Gasteiger partial charge in [-0.15, -0.1) is 0 Å². The third-order valence-corrected chi connectivity index (χ3v) is 4.08. The second-order valence-electron chi connectivity index (χ2n) is 6.13. The Balaban J connectivity index is 2.01. The van der Waals surface area contributed by atoms with Crippen LogP contribution in [0.1, 0.15) is 42.9 Å². The lowest BCUT2D eigenvalue weighted by Crippen LogP contribution is -2.17. The molecular formula is C19H19ClF3NO. The van der Waals surface area contributed by atoms with Crippen LogP contribution >= 0.6 is 11.6 Å². The Morgan fingerprint density at radius 3 is 2.32 bits per heavy atom. The van der Waals surface area contributed by atoms with Crippen molar-refractivity contribution in [3.8, 4) is 0 Å². The predicted octanol–water partition coefficient (Wildman–Crippen LogP) is 6.05. The zero-order chi connectivity index (χ0) is 18.6. The number of carbonyl (C=O) groups excluding carboxylic acids is 1. The fraction of sp³-hybridized carbons (Fsp3) is 0.316. The van der Waals surface area contributed by atoms with Crippen LogP contribution in [0.25, 0.3) is 0 Å². The summed E-state index contributed by atoms with van der Waals surface area (Å²) >= 11 is 5.62. The molecule has 0 saturated carbocycles. The lowest BCUT2D eigenvalue weighted by atomic mass is 10.0. The van der Waals surface area contributed by atoms with E-state index < -0.39 is 17.6 Å². The van der Waals surface area contributed by atoms with Crippen LogP contribution in [0, 0.1) is 0 Å². The summed E-state index contributed by atoms with van der Waals surface area (Å²) in [5.41, 5.74) is 0.933. The number of carbonyl (C=O) groups is 1. The van der Waals surface area contributed by atoms with Gasteiger partial charge in [0.15, 0.2) is 0 Å². The molecule has 6 heteroatoms. The molecule has 0 aliphatic heterocycles. The standard InChI is InChI=1S/C19H19ClF3NO/c1-12(2)14-6-3-13(4-7-14)5-10-18(25)24-17-9-8-15(20)11-16(17)19(21,22)23/h3-4,6-9,11-12H,5,10H2,1-2H3,(H,24,25). The molecule has 2 nitrogen and oxygen atoms in total. The van der Waals surface area contributed by atoms with Crippen molar-refractivity contribution in [3.63, 3.8) is 0 Å². The van der Waals surface area contributed by atoms with E-state index in [9.17, 15) is 18.0 Å². The summed E-state index contributed by atoms with van der Waals surface area (Å²) in [4.78, 5) is 12.0. The molecule has 0 bridgehead atoms. The van der Waals surface area contributed by atoms with Gasteiger partial charge in [0.2, 0.25) is 5.91 Å². The van der Waals surface area contributed by atoms with E-state index in [1.54, 1.807) is 0 Å². The second kappa shape index (κ2) is 7.91. The van der Waals surface area contributed by atoms with E-state index in [0.29, 0.717) is 12.3 Å². The van der Waals surface area contributed by atoms with Crippen molar-refractivity contribution in [2.75, 3.05) is 5.32 Å². The SMILES string of the molecule is CC(C)c1ccc(CCC(=O)Nc2ccc(Cl)cc2C(F)(F)F)cc1. The minimum absolute atomic E-state index is 0.0319. The van der Waals surface area contributed by atoms with Gasteiger partial charge in [0.1, 0.15) is 0 Å². The van der Waals surface area contributed by atoms with Crippen LogP contribution in [0.4, 0.5) is 18.9 Å². The molecule has 0 aromatic heterocycles. The van der Waals surface area contributed by atoms with Gasteiger partial charge in [0, 0.05) is 11.4 Å². The first-order chi connectivity index (χ1) is 11.7. The van der Waals surface area contributed by atoms with Gasteiger partial charge in [-0.25, -0.2) is 0 Å². The van der Waals surface area contributed by atoms with Gasteiger partial charge in [0.05, 0.1) is 11.3 Å². The van der Waals surface area contributed by atoms with E-state index in [0.717, 1.165) is 11.6 Å². The predicted molar refractivity (Wildman–Crippen MR) is 93.9 cm³/mol. The fourth-order valence-corrected chi connectivity index (χ4v) is 2.57. The third kappa shape index (κ3) is 5.49. The Morgan fingerprint density at radius 1 is 1.12 bits per heavy atom. The summed E-state index contributed by atoms with van der Waals surface area (Å²) in [5, 5.41) is 2.29. The van der Waals surface area contributed by atoms with E-state index in [2.05, 4.69) is 19.2 Å². The van der Waals surface area contributed by atoms with Crippen LogP contribution in [-0.2, 0) is 17.4 Å². The zero-order valence-corrected chi connectivity index (χ0v) is 14.7. The number of anilines is 1. The van der Waals surface area contributed by atoms with Crippen LogP contribution in [0.3, 0.4) is 0 Å². The van der Waals surface area contributed by atoms with Gasteiger partial charge in [-0.2, -0.15) is 13.2 Å². The first kappa shape index (κ1) is 19.3. The van der Waals surface area contributed by atoms with Gasteiger partial charge >= 0.3 is 6.18 Å². The maximum Gasteiger partial charge on any atom is 0.418 e. The van der Waals surface area contributed by atoms with Gasteiger partial charge in [0.25, 0.3) is 0 Å². The van der Waals surface area contributed by atoms with Crippen molar-refractivity contribution in [2.24, 2.45) is 0 Å². The number of rotatable bonds is 5. The molecule has 2 aromatic carbocycles. The topological polar surface area (TPSA) is 29.1 Å². The summed E-state index contributed by atoms with van der Waals surface area (Å²) in [7, 11) is 0. The largest absolute Gasteiger partial charge is 0.418 e. The summed E-state index contributed by atoms with van der Waals surface area (Å²) < 4.78 is 39.1. The fourth-order valence-electron chi connectivity index (χ4n) is 2.40. The molecule has 0 heterocycles. The van der Waals surface area contributed by atoms with Crippen molar-refractivity contribution in [2.45, 2.75) is 38.8 Å². The van der Waals surface area contributed by atoms with Crippen LogP contribution in [0.5, 0.6) is 0 Å². The van der Waals surface area contributed by atoms with Gasteiger partial charge in [-0.3, -0.25) is 4.79 Å². The Kier molecular flexibility index (Phi) is 6.11. The molecule has 0 aliphatic carbocycles. The molecule has 0 spiro atoms. The first-order valence-electron chi connectivity index (χ1n) is 7.92. The highest BCUT2D eigenvalue weighted by Gasteiger charge is 2.34. The average Bonchev–Trinajstić information content (AvgIpc) is 2.54. The molecule has 2 aromatic rings. The minimum Gasteiger partial charge on any atom is -0.325 e. The lowest BCUT2D eigenvalue weighted by Gasteiger charge is -2.14. The molecule has 25 heavy (non-hydrogen) atoms. The second-order valence-corrected chi connectivity index (χ2v) is 6.57. The van der Waals surface area contributed by atoms with E-state index in [-0.39, 0.29) is 17.1 Å². The smallest absolute Gasteiger partial charge is 0.325 e. The Labute approximate surface area is 150 Å². The van der Waals surface area contributed by atoms with Crippen molar-refractivity contribution in [1.82, 2.24) is 0 Å². The highest BCUT2D eigenvalue weighted by molar-refractivity contribution is 6.30. The van der Waals surface area contributed by atoms with Crippen LogP contribution in [0.15, 0.2) is 42.5 Å². The minimum atomic E-state index is -4.58. The molecule has 0 atom stereocenters. The van der Waals surface area contributed by atoms with E-state index in [1.165, 1.54) is 17.7 Å². The summed E-state index contributed by atoms with van der Waals surface area (Å²) in [5.74, 6) is -0.0520. The third-order valence-electron chi connectivity index (χ3n) is 3.85. The van der Waals surface area contributed by atoms with Gasteiger partial charge in [-0.05, 0) is 41.7 Å². The van der Waals surface area contributed by atoms with Crippen molar-refractivity contribution in [1.29, 1.82) is 0 Å². The quantitative estimate of drug-likeness (QED) is 0.682. The Hall–Kier alpha value is -2.01. The maximum atomic E-state index is 13.0. The Bertz CT molecular complexity index is 739. The highest BCUT2D eigenvalue weighted by atomic mass is 35.5. The first-order valence-corrected chi connectivity index (χ1v) is 8.30. The molecular weight excluding hydrogens is 351 g/mol. The molecule has 1 amide bonds. The summed E-state index contributed by atoms with van der Waals surface area (Å²) in [6.07, 6.45) is -4.03. The average molecular weight is 370 g/mol. The van der Waals surface area contributed by atoms with Gasteiger partial charge < -0.3 is 5.32 Å². The molecule has 134 valence electrons. The zero-order valence-electron chi connectivity index (χ0n) is 14.0. The lowest BCUT2D eigenvalue weighted by molar-refractivity contribution is -0.137. The number of alkyl halides is 3. The van der Waals surface area contributed by atoms with Crippen molar-refractivity contribution >= 4 is 23.2 Å². The van der Waals surface area contributed by atoms with Crippen molar-refractivity contribution in [3.05, 3.63) is 64.2 Å². The van der Waals surface area contributed by atoms with Gasteiger partial charge in [-0.1, -0.05) is 49.7 Å². The normalized spacial score (nSPS) is 11.6. The molecule has 0 fully saturated rings. The van der Waals surface area contributed by atoms with E-state index in [1.807, 2.05) is 24.3 Å². The van der Waals surface area contributed by atoms with Crippen LogP contribution in [0.2, 0.25) is 5.02 Å². The number of halogens is 4. The number of hydrogen-bond acceptors (Lipinski definition) is 1. The Morgan fingerprint density at radius 2 is 1.76 bits per heavy atom. The molecule has 0 saturated heterocycles. The van der Waals surface area contributed by atoms with E-state index >= 15 is 0 Å². The van der Waals surface area contributed by atoms with Crippen LogP contribution in [-0.4, -0.2) is 5.91 Å². The number of hydrogen-bond donors (Lipinski definition) is 1. The molecule has 2 rings (SSSR count). The van der Waals surface area contributed by atoms with Crippen LogP contribution < -0.4 is 5.32 Å². The molecule has 0 unspecified atom stereocenters. The molecule has 1 N–H and O–H groups in total. The maximum absolute atomic E-state index is 13.0.